The SMILES string of the molecule is CC1CCC(C#N)(C(O)c2ccccc2Br)C1. The standard InChI is InChI=1S/C14H16BrNO/c1-10-6-7-14(8-10,9-16)13(17)11-4-2-3-5-12(11)15/h2-5,10,13,17H,6-8H2,1H3. The molecule has 0 aliphatic heterocycles. The van der Waals surface area contributed by atoms with E-state index in [1.807, 2.05) is 24.3 Å². The summed E-state index contributed by atoms with van der Waals surface area (Å²) in [5, 5.41) is 19.9. The zero-order chi connectivity index (χ0) is 12.5. The van der Waals surface area contributed by atoms with Gasteiger partial charge in [-0.15, -0.1) is 0 Å². The van der Waals surface area contributed by atoms with Crippen molar-refractivity contribution in [2.24, 2.45) is 11.3 Å². The highest BCUT2D eigenvalue weighted by molar-refractivity contribution is 9.10. The fourth-order valence-corrected chi connectivity index (χ4v) is 3.24. The Hall–Kier alpha value is -0.850. The summed E-state index contributed by atoms with van der Waals surface area (Å²) in [5.41, 5.74) is 0.215. The van der Waals surface area contributed by atoms with Crippen molar-refractivity contribution in [1.82, 2.24) is 0 Å². The van der Waals surface area contributed by atoms with E-state index in [0.29, 0.717) is 5.92 Å². The molecule has 2 rings (SSSR count). The lowest BCUT2D eigenvalue weighted by molar-refractivity contribution is 0.0641. The molecular weight excluding hydrogens is 278 g/mol. The molecule has 90 valence electrons. The Kier molecular flexibility index (Phi) is 3.56. The van der Waals surface area contributed by atoms with Gasteiger partial charge in [0.05, 0.1) is 17.6 Å². The highest BCUT2D eigenvalue weighted by Crippen LogP contribution is 2.50. The molecule has 0 aromatic heterocycles. The monoisotopic (exact) mass is 293 g/mol. The highest BCUT2D eigenvalue weighted by atomic mass is 79.9. The van der Waals surface area contributed by atoms with Crippen LogP contribution in [-0.2, 0) is 0 Å². The van der Waals surface area contributed by atoms with Crippen molar-refractivity contribution < 1.29 is 5.11 Å². The molecule has 1 aliphatic rings. The van der Waals surface area contributed by atoms with Gasteiger partial charge >= 0.3 is 0 Å². The third-order valence-electron chi connectivity index (χ3n) is 3.74. The average molecular weight is 294 g/mol. The molecule has 0 radical (unpaired) electrons. The smallest absolute Gasteiger partial charge is 0.0987 e. The molecule has 1 aromatic carbocycles. The van der Waals surface area contributed by atoms with Crippen LogP contribution in [0.15, 0.2) is 28.7 Å². The predicted molar refractivity (Wildman–Crippen MR) is 70.2 cm³/mol. The molecule has 3 heteroatoms. The Bertz CT molecular complexity index is 454. The molecule has 0 spiro atoms. The normalized spacial score (nSPS) is 29.9. The fraction of sp³-hybridized carbons (Fsp3) is 0.500. The number of nitrogens with zero attached hydrogens (tertiary/aromatic N) is 1. The number of hydrogen-bond acceptors (Lipinski definition) is 2. The third-order valence-corrected chi connectivity index (χ3v) is 4.46. The molecule has 17 heavy (non-hydrogen) atoms. The second-order valence-electron chi connectivity index (χ2n) is 5.04. The molecule has 1 aromatic rings. The largest absolute Gasteiger partial charge is 0.387 e. The van der Waals surface area contributed by atoms with Crippen molar-refractivity contribution in [3.05, 3.63) is 34.3 Å². The third kappa shape index (κ3) is 2.25. The molecule has 1 aliphatic carbocycles. The summed E-state index contributed by atoms with van der Waals surface area (Å²) >= 11 is 3.44. The minimum atomic E-state index is -0.701. The quantitative estimate of drug-likeness (QED) is 0.901. The number of aliphatic hydroxyl groups is 1. The van der Waals surface area contributed by atoms with Gasteiger partial charge < -0.3 is 5.11 Å². The van der Waals surface area contributed by atoms with E-state index in [1.54, 1.807) is 0 Å². The van der Waals surface area contributed by atoms with Crippen LogP contribution >= 0.6 is 15.9 Å². The first kappa shape index (κ1) is 12.6. The summed E-state index contributed by atoms with van der Waals surface area (Å²) in [5.74, 6) is 0.520. The Morgan fingerprint density at radius 2 is 2.24 bits per heavy atom. The van der Waals surface area contributed by atoms with Gasteiger partial charge in [0.15, 0.2) is 0 Å². The van der Waals surface area contributed by atoms with Gasteiger partial charge in [0.1, 0.15) is 0 Å². The van der Waals surface area contributed by atoms with Gasteiger partial charge in [-0.1, -0.05) is 41.1 Å². The van der Waals surface area contributed by atoms with E-state index in [4.69, 9.17) is 0 Å². The average Bonchev–Trinajstić information content (AvgIpc) is 2.72. The van der Waals surface area contributed by atoms with E-state index in [0.717, 1.165) is 29.3 Å². The van der Waals surface area contributed by atoms with Gasteiger partial charge in [0, 0.05) is 4.47 Å². The summed E-state index contributed by atoms with van der Waals surface area (Å²) in [6, 6.07) is 9.96. The molecule has 0 heterocycles. The van der Waals surface area contributed by atoms with Gasteiger partial charge in [0.2, 0.25) is 0 Å². The fourth-order valence-electron chi connectivity index (χ4n) is 2.74. The van der Waals surface area contributed by atoms with Crippen LogP contribution in [0.3, 0.4) is 0 Å². The van der Waals surface area contributed by atoms with Crippen LogP contribution in [-0.4, -0.2) is 5.11 Å². The highest BCUT2D eigenvalue weighted by Gasteiger charge is 2.44. The molecule has 0 saturated heterocycles. The number of nitriles is 1. The van der Waals surface area contributed by atoms with Crippen LogP contribution < -0.4 is 0 Å². The first-order valence-electron chi connectivity index (χ1n) is 5.93. The Morgan fingerprint density at radius 3 is 2.76 bits per heavy atom. The molecule has 0 amide bonds. The maximum Gasteiger partial charge on any atom is 0.0987 e. The van der Waals surface area contributed by atoms with E-state index in [-0.39, 0.29) is 0 Å². The number of hydrogen-bond donors (Lipinski definition) is 1. The predicted octanol–water partition coefficient (Wildman–Crippen LogP) is 3.81. The summed E-state index contributed by atoms with van der Waals surface area (Å²) in [6.45, 7) is 2.14. The van der Waals surface area contributed by atoms with Crippen molar-refractivity contribution in [2.45, 2.75) is 32.3 Å². The van der Waals surface area contributed by atoms with Crippen molar-refractivity contribution in [1.29, 1.82) is 5.26 Å². The van der Waals surface area contributed by atoms with Crippen molar-refractivity contribution in [2.75, 3.05) is 0 Å². The van der Waals surface area contributed by atoms with Crippen LogP contribution in [0.1, 0.15) is 37.9 Å². The van der Waals surface area contributed by atoms with Gasteiger partial charge in [-0.2, -0.15) is 5.26 Å². The number of rotatable bonds is 2. The Morgan fingerprint density at radius 1 is 1.53 bits per heavy atom. The summed E-state index contributed by atoms with van der Waals surface area (Å²) in [4.78, 5) is 0. The van der Waals surface area contributed by atoms with Crippen LogP contribution in [0.25, 0.3) is 0 Å². The van der Waals surface area contributed by atoms with E-state index in [9.17, 15) is 10.4 Å². The van der Waals surface area contributed by atoms with E-state index in [1.165, 1.54) is 0 Å². The number of halogens is 1. The van der Waals surface area contributed by atoms with Crippen molar-refractivity contribution in [3.63, 3.8) is 0 Å². The summed E-state index contributed by atoms with van der Waals surface area (Å²) < 4.78 is 0.877. The lowest BCUT2D eigenvalue weighted by atomic mass is 9.78. The van der Waals surface area contributed by atoms with Gasteiger partial charge in [-0.25, -0.2) is 0 Å². The topological polar surface area (TPSA) is 44.0 Å². The molecule has 3 unspecified atom stereocenters. The lowest BCUT2D eigenvalue weighted by Crippen LogP contribution is -2.24. The molecule has 3 atom stereocenters. The second-order valence-corrected chi connectivity index (χ2v) is 5.89. The molecular formula is C14H16BrNO. The van der Waals surface area contributed by atoms with Crippen LogP contribution in [0.2, 0.25) is 0 Å². The maximum atomic E-state index is 10.5. The van der Waals surface area contributed by atoms with E-state index >= 15 is 0 Å². The molecule has 2 nitrogen and oxygen atoms in total. The zero-order valence-electron chi connectivity index (χ0n) is 9.86. The number of aliphatic hydroxyl groups excluding tert-OH is 1. The molecule has 1 saturated carbocycles. The summed E-state index contributed by atoms with van der Waals surface area (Å²) in [6.07, 6.45) is 1.89. The van der Waals surface area contributed by atoms with Crippen LogP contribution in [0.4, 0.5) is 0 Å². The Labute approximate surface area is 110 Å². The molecule has 1 N–H and O–H groups in total. The molecule has 0 bridgehead atoms. The number of benzene rings is 1. The van der Waals surface area contributed by atoms with Crippen LogP contribution in [0, 0.1) is 22.7 Å². The van der Waals surface area contributed by atoms with Gasteiger partial charge in [-0.3, -0.25) is 0 Å². The molecule has 1 fully saturated rings. The van der Waals surface area contributed by atoms with E-state index in [2.05, 4.69) is 28.9 Å². The lowest BCUT2D eigenvalue weighted by Gasteiger charge is -2.28. The first-order valence-corrected chi connectivity index (χ1v) is 6.72. The van der Waals surface area contributed by atoms with Crippen molar-refractivity contribution in [3.8, 4) is 6.07 Å². The first-order chi connectivity index (χ1) is 8.09. The van der Waals surface area contributed by atoms with Gasteiger partial charge in [-0.05, 0) is 36.8 Å². The van der Waals surface area contributed by atoms with Gasteiger partial charge in [0.25, 0.3) is 0 Å². The minimum absolute atomic E-state index is 0.520. The zero-order valence-corrected chi connectivity index (χ0v) is 11.4. The second kappa shape index (κ2) is 4.80. The van der Waals surface area contributed by atoms with Crippen molar-refractivity contribution >= 4 is 15.9 Å². The van der Waals surface area contributed by atoms with Crippen LogP contribution in [0.5, 0.6) is 0 Å². The summed E-state index contributed by atoms with van der Waals surface area (Å²) in [7, 11) is 0. The minimum Gasteiger partial charge on any atom is -0.387 e. The maximum absolute atomic E-state index is 10.5. The van der Waals surface area contributed by atoms with E-state index < -0.39 is 11.5 Å². The Balaban J connectivity index is 2.34.